The number of carboxylic acids is 1. The fourth-order valence-corrected chi connectivity index (χ4v) is 3.29. The Morgan fingerprint density at radius 3 is 2.75 bits per heavy atom. The topological polar surface area (TPSA) is 92.9 Å². The summed E-state index contributed by atoms with van der Waals surface area (Å²) in [7, 11) is 0. The highest BCUT2D eigenvalue weighted by Crippen LogP contribution is 2.31. The van der Waals surface area contributed by atoms with Crippen molar-refractivity contribution in [2.75, 3.05) is 26.2 Å². The van der Waals surface area contributed by atoms with Gasteiger partial charge in [-0.15, -0.1) is 0 Å². The Morgan fingerprint density at radius 1 is 1.30 bits per heavy atom. The normalized spacial score (nSPS) is 31.1. The second-order valence-electron chi connectivity index (χ2n) is 5.76. The van der Waals surface area contributed by atoms with Crippen LogP contribution in [0.4, 0.5) is 0 Å². The maximum atomic E-state index is 12.6. The van der Waals surface area contributed by atoms with Gasteiger partial charge in [0.25, 0.3) is 0 Å². The summed E-state index contributed by atoms with van der Waals surface area (Å²) < 4.78 is 5.41. The number of nitrogens with two attached hydrogens (primary N) is 1. The third kappa shape index (κ3) is 3.70. The SMILES string of the molecule is NCC1CCCCC1C(=O)N1CCOC(CC(=O)O)C1. The van der Waals surface area contributed by atoms with Crippen LogP contribution < -0.4 is 5.73 Å². The summed E-state index contributed by atoms with van der Waals surface area (Å²) in [6.07, 6.45) is 3.73. The average Bonchev–Trinajstić information content (AvgIpc) is 2.46. The van der Waals surface area contributed by atoms with Gasteiger partial charge in [0.1, 0.15) is 0 Å². The summed E-state index contributed by atoms with van der Waals surface area (Å²) in [4.78, 5) is 25.1. The number of morpholine rings is 1. The molecule has 0 aromatic carbocycles. The summed E-state index contributed by atoms with van der Waals surface area (Å²) in [5, 5.41) is 8.82. The smallest absolute Gasteiger partial charge is 0.306 e. The van der Waals surface area contributed by atoms with E-state index < -0.39 is 5.97 Å². The number of hydrogen-bond donors (Lipinski definition) is 2. The third-order valence-corrected chi connectivity index (χ3v) is 4.38. The Kier molecular flexibility index (Phi) is 5.37. The highest BCUT2D eigenvalue weighted by atomic mass is 16.5. The molecule has 6 heteroatoms. The van der Waals surface area contributed by atoms with Gasteiger partial charge in [0, 0.05) is 19.0 Å². The molecule has 20 heavy (non-hydrogen) atoms. The highest BCUT2D eigenvalue weighted by molar-refractivity contribution is 5.79. The molecule has 2 fully saturated rings. The summed E-state index contributed by atoms with van der Waals surface area (Å²) in [6.45, 7) is 1.92. The van der Waals surface area contributed by atoms with Crippen molar-refractivity contribution in [2.45, 2.75) is 38.2 Å². The third-order valence-electron chi connectivity index (χ3n) is 4.38. The van der Waals surface area contributed by atoms with Gasteiger partial charge in [-0.1, -0.05) is 12.8 Å². The number of carbonyl (C=O) groups excluding carboxylic acids is 1. The highest BCUT2D eigenvalue weighted by Gasteiger charge is 2.35. The average molecular weight is 284 g/mol. The fraction of sp³-hybridized carbons (Fsp3) is 0.857. The van der Waals surface area contributed by atoms with Gasteiger partial charge in [0.05, 0.1) is 19.1 Å². The molecule has 2 aliphatic rings. The lowest BCUT2D eigenvalue weighted by Gasteiger charge is -2.38. The van der Waals surface area contributed by atoms with Crippen LogP contribution in [0, 0.1) is 11.8 Å². The molecule has 0 bridgehead atoms. The van der Waals surface area contributed by atoms with Gasteiger partial charge in [0.15, 0.2) is 0 Å². The van der Waals surface area contributed by atoms with Crippen molar-refractivity contribution in [3.8, 4) is 0 Å². The van der Waals surface area contributed by atoms with Gasteiger partial charge in [0.2, 0.25) is 5.91 Å². The van der Waals surface area contributed by atoms with Crippen molar-refractivity contribution in [1.29, 1.82) is 0 Å². The Balaban J connectivity index is 1.95. The lowest BCUT2D eigenvalue weighted by molar-refractivity contribution is -0.151. The molecule has 0 radical (unpaired) electrons. The molecule has 3 N–H and O–H groups in total. The van der Waals surface area contributed by atoms with Gasteiger partial charge >= 0.3 is 5.97 Å². The quantitative estimate of drug-likeness (QED) is 0.782. The largest absolute Gasteiger partial charge is 0.481 e. The predicted octanol–water partition coefficient (Wildman–Crippen LogP) is 0.454. The molecule has 0 spiro atoms. The standard InChI is InChI=1S/C14H24N2O4/c15-8-10-3-1-2-4-12(10)14(19)16-5-6-20-11(9-16)7-13(17)18/h10-12H,1-9,15H2,(H,17,18). The Hall–Kier alpha value is -1.14. The minimum Gasteiger partial charge on any atom is -0.481 e. The second-order valence-corrected chi connectivity index (χ2v) is 5.76. The number of carboxylic acid groups (broad SMARTS) is 1. The van der Waals surface area contributed by atoms with Crippen LogP contribution in [0.1, 0.15) is 32.1 Å². The Labute approximate surface area is 119 Å². The first-order valence-corrected chi connectivity index (χ1v) is 7.44. The number of nitrogens with zero attached hydrogens (tertiary/aromatic N) is 1. The summed E-state index contributed by atoms with van der Waals surface area (Å²) in [6, 6.07) is 0. The first-order chi connectivity index (χ1) is 9.61. The lowest BCUT2D eigenvalue weighted by Crippen LogP contribution is -2.50. The maximum Gasteiger partial charge on any atom is 0.306 e. The molecule has 3 atom stereocenters. The van der Waals surface area contributed by atoms with Crippen LogP contribution in [0.25, 0.3) is 0 Å². The van der Waals surface area contributed by atoms with Crippen LogP contribution in [-0.4, -0.2) is 54.2 Å². The number of carbonyl (C=O) groups is 2. The van der Waals surface area contributed by atoms with E-state index in [1.165, 1.54) is 0 Å². The van der Waals surface area contributed by atoms with Gasteiger partial charge in [-0.2, -0.15) is 0 Å². The number of amides is 1. The molecule has 114 valence electrons. The minimum absolute atomic E-state index is 0.0114. The van der Waals surface area contributed by atoms with Crippen LogP contribution in [0.3, 0.4) is 0 Å². The molecule has 3 unspecified atom stereocenters. The molecular formula is C14H24N2O4. The molecule has 6 nitrogen and oxygen atoms in total. The Morgan fingerprint density at radius 2 is 2.05 bits per heavy atom. The number of ether oxygens (including phenoxy) is 1. The van der Waals surface area contributed by atoms with E-state index in [2.05, 4.69) is 0 Å². The van der Waals surface area contributed by atoms with Crippen molar-refractivity contribution in [2.24, 2.45) is 17.6 Å². The van der Waals surface area contributed by atoms with Crippen LogP contribution >= 0.6 is 0 Å². The van der Waals surface area contributed by atoms with Crippen LogP contribution in [0.5, 0.6) is 0 Å². The molecule has 1 amide bonds. The van der Waals surface area contributed by atoms with E-state index in [4.69, 9.17) is 15.6 Å². The van der Waals surface area contributed by atoms with Crippen molar-refractivity contribution in [3.05, 3.63) is 0 Å². The molecule has 0 aromatic rings. The maximum absolute atomic E-state index is 12.6. The van der Waals surface area contributed by atoms with Gasteiger partial charge in [-0.25, -0.2) is 0 Å². The monoisotopic (exact) mass is 284 g/mol. The first kappa shape index (κ1) is 15.3. The van der Waals surface area contributed by atoms with Gasteiger partial charge < -0.3 is 20.5 Å². The number of aliphatic carboxylic acids is 1. The fourth-order valence-electron chi connectivity index (χ4n) is 3.29. The van der Waals surface area contributed by atoms with E-state index in [-0.39, 0.29) is 30.3 Å². The molecule has 1 saturated heterocycles. The zero-order valence-electron chi connectivity index (χ0n) is 11.8. The molecule has 1 aliphatic heterocycles. The van der Waals surface area contributed by atoms with Crippen LogP contribution in [0.15, 0.2) is 0 Å². The second kappa shape index (κ2) is 7.04. The number of rotatable bonds is 4. The van der Waals surface area contributed by atoms with E-state index in [1.54, 1.807) is 4.90 Å². The number of hydrogen-bond acceptors (Lipinski definition) is 4. The molecule has 1 aliphatic carbocycles. The van der Waals surface area contributed by atoms with E-state index >= 15 is 0 Å². The van der Waals surface area contributed by atoms with E-state index in [0.29, 0.717) is 26.2 Å². The minimum atomic E-state index is -0.887. The van der Waals surface area contributed by atoms with E-state index in [0.717, 1.165) is 25.7 Å². The lowest BCUT2D eigenvalue weighted by atomic mass is 9.78. The van der Waals surface area contributed by atoms with E-state index in [1.807, 2.05) is 0 Å². The Bertz CT molecular complexity index is 361. The van der Waals surface area contributed by atoms with Crippen LogP contribution in [0.2, 0.25) is 0 Å². The molecule has 1 saturated carbocycles. The molecular weight excluding hydrogens is 260 g/mol. The summed E-state index contributed by atoms with van der Waals surface area (Å²) >= 11 is 0. The zero-order chi connectivity index (χ0) is 14.5. The van der Waals surface area contributed by atoms with Crippen molar-refractivity contribution >= 4 is 11.9 Å². The summed E-state index contributed by atoms with van der Waals surface area (Å²) in [5.74, 6) is -0.463. The van der Waals surface area contributed by atoms with Gasteiger partial charge in [-0.3, -0.25) is 9.59 Å². The molecule has 1 heterocycles. The summed E-state index contributed by atoms with van der Waals surface area (Å²) in [5.41, 5.74) is 5.78. The van der Waals surface area contributed by atoms with Gasteiger partial charge in [-0.05, 0) is 25.3 Å². The van der Waals surface area contributed by atoms with Crippen LogP contribution in [-0.2, 0) is 14.3 Å². The first-order valence-electron chi connectivity index (χ1n) is 7.44. The van der Waals surface area contributed by atoms with E-state index in [9.17, 15) is 9.59 Å². The van der Waals surface area contributed by atoms with Crippen molar-refractivity contribution in [3.63, 3.8) is 0 Å². The zero-order valence-corrected chi connectivity index (χ0v) is 11.8. The molecule has 2 rings (SSSR count). The van der Waals surface area contributed by atoms with Crippen molar-refractivity contribution in [1.82, 2.24) is 4.90 Å². The molecule has 0 aromatic heterocycles. The predicted molar refractivity (Wildman–Crippen MR) is 73.1 cm³/mol. The van der Waals surface area contributed by atoms with Crippen molar-refractivity contribution < 1.29 is 19.4 Å².